The zero-order valence-corrected chi connectivity index (χ0v) is 9.51. The van der Waals surface area contributed by atoms with Gasteiger partial charge in [0.15, 0.2) is 0 Å². The Hall–Kier alpha value is -2.10. The number of pyridine rings is 1. The first-order valence-corrected chi connectivity index (χ1v) is 5.53. The number of benzene rings is 1. The number of ether oxygens (including phenoxy) is 1. The number of fused-ring (bicyclic) bond motifs is 1. The maximum atomic E-state index is 12.0. The van der Waals surface area contributed by atoms with Crippen LogP contribution in [0.4, 0.5) is 0 Å². The summed E-state index contributed by atoms with van der Waals surface area (Å²) in [4.78, 5) is 16.3. The molecule has 0 unspecified atom stereocenters. The van der Waals surface area contributed by atoms with Crippen molar-refractivity contribution in [2.75, 3.05) is 13.2 Å². The van der Waals surface area contributed by atoms with Crippen LogP contribution in [0.5, 0.6) is 0 Å². The van der Waals surface area contributed by atoms with Crippen molar-refractivity contribution in [3.63, 3.8) is 0 Å². The molecule has 0 bridgehead atoms. The zero-order chi connectivity index (χ0) is 11.8. The number of hydrogen-bond donors (Lipinski definition) is 0. The number of rotatable bonds is 1. The summed E-state index contributed by atoms with van der Waals surface area (Å²) in [6.45, 7) is 1.30. The van der Waals surface area contributed by atoms with Crippen molar-refractivity contribution in [2.45, 2.75) is 0 Å². The van der Waals surface area contributed by atoms with E-state index in [0.717, 1.165) is 10.9 Å². The summed E-state index contributed by atoms with van der Waals surface area (Å²) in [5, 5.41) is 1.60. The second-order valence-corrected chi connectivity index (χ2v) is 4.04. The van der Waals surface area contributed by atoms with Crippen molar-refractivity contribution in [3.8, 4) is 0 Å². The van der Waals surface area contributed by atoms with Gasteiger partial charge in [0.2, 0.25) is 5.90 Å². The molecule has 4 heteroatoms. The molecule has 0 spiro atoms. The van der Waals surface area contributed by atoms with Gasteiger partial charge in [0.25, 0.3) is 5.56 Å². The molecule has 0 saturated heterocycles. The van der Waals surface area contributed by atoms with E-state index >= 15 is 0 Å². The predicted octanol–water partition coefficient (Wildman–Crippen LogP) is 1.32. The standard InChI is InChI=1S/C13H12N2O2/c1-15-8-11(12-14-6-7-17-12)9-4-2-3-5-10(9)13(15)16/h2-5,8H,6-7H2,1H3. The molecule has 2 aromatic rings. The minimum absolute atomic E-state index is 0.00273. The van der Waals surface area contributed by atoms with Gasteiger partial charge in [-0.05, 0) is 6.07 Å². The number of nitrogens with zero attached hydrogens (tertiary/aromatic N) is 2. The summed E-state index contributed by atoms with van der Waals surface area (Å²) in [5.74, 6) is 0.636. The van der Waals surface area contributed by atoms with Gasteiger partial charge in [-0.25, -0.2) is 4.99 Å². The van der Waals surface area contributed by atoms with Crippen molar-refractivity contribution in [1.82, 2.24) is 4.57 Å². The molecule has 1 aromatic heterocycles. The molecule has 1 aliphatic heterocycles. The summed E-state index contributed by atoms with van der Waals surface area (Å²) >= 11 is 0. The highest BCUT2D eigenvalue weighted by Crippen LogP contribution is 2.18. The fourth-order valence-electron chi connectivity index (χ4n) is 2.08. The number of aromatic nitrogens is 1. The van der Waals surface area contributed by atoms with Crippen molar-refractivity contribution in [3.05, 3.63) is 46.4 Å². The summed E-state index contributed by atoms with van der Waals surface area (Å²) in [6.07, 6.45) is 1.79. The Balaban J connectivity index is 2.38. The van der Waals surface area contributed by atoms with Crippen LogP contribution in [0, 0.1) is 0 Å². The van der Waals surface area contributed by atoms with Crippen LogP contribution in [0.3, 0.4) is 0 Å². The van der Waals surface area contributed by atoms with E-state index in [9.17, 15) is 4.79 Å². The Morgan fingerprint density at radius 1 is 1.29 bits per heavy atom. The lowest BCUT2D eigenvalue weighted by Crippen LogP contribution is -2.19. The van der Waals surface area contributed by atoms with Gasteiger partial charge in [0, 0.05) is 24.0 Å². The van der Waals surface area contributed by atoms with Gasteiger partial charge in [0.05, 0.1) is 12.1 Å². The maximum Gasteiger partial charge on any atom is 0.258 e. The molecule has 3 rings (SSSR count). The Morgan fingerprint density at radius 2 is 2.06 bits per heavy atom. The summed E-state index contributed by atoms with van der Waals surface area (Å²) in [6, 6.07) is 7.54. The van der Waals surface area contributed by atoms with Crippen LogP contribution in [-0.4, -0.2) is 23.6 Å². The lowest BCUT2D eigenvalue weighted by molar-refractivity contribution is 0.348. The molecule has 0 radical (unpaired) electrons. The number of hydrogen-bond acceptors (Lipinski definition) is 3. The van der Waals surface area contributed by atoms with E-state index < -0.39 is 0 Å². The fraction of sp³-hybridized carbons (Fsp3) is 0.231. The normalized spacial score (nSPS) is 14.8. The monoisotopic (exact) mass is 228 g/mol. The van der Waals surface area contributed by atoms with Gasteiger partial charge in [-0.3, -0.25) is 4.79 Å². The van der Waals surface area contributed by atoms with Crippen LogP contribution >= 0.6 is 0 Å². The Bertz CT molecular complexity index is 671. The van der Waals surface area contributed by atoms with Crippen LogP contribution in [0.25, 0.3) is 10.8 Å². The average Bonchev–Trinajstić information content (AvgIpc) is 2.87. The smallest absolute Gasteiger partial charge is 0.258 e. The fourth-order valence-corrected chi connectivity index (χ4v) is 2.08. The molecular formula is C13H12N2O2. The molecule has 4 nitrogen and oxygen atoms in total. The van der Waals surface area contributed by atoms with E-state index in [2.05, 4.69) is 4.99 Å². The molecule has 0 N–H and O–H groups in total. The lowest BCUT2D eigenvalue weighted by Gasteiger charge is -2.08. The quantitative estimate of drug-likeness (QED) is 0.738. The third kappa shape index (κ3) is 1.53. The Kier molecular flexibility index (Phi) is 2.21. The van der Waals surface area contributed by atoms with Gasteiger partial charge in [-0.1, -0.05) is 18.2 Å². The number of aryl methyl sites for hydroxylation is 1. The lowest BCUT2D eigenvalue weighted by atomic mass is 10.1. The highest BCUT2D eigenvalue weighted by atomic mass is 16.5. The second-order valence-electron chi connectivity index (χ2n) is 4.04. The van der Waals surface area contributed by atoms with Gasteiger partial charge >= 0.3 is 0 Å². The average molecular weight is 228 g/mol. The molecule has 2 heterocycles. The Morgan fingerprint density at radius 3 is 2.76 bits per heavy atom. The van der Waals surface area contributed by atoms with E-state index in [-0.39, 0.29) is 5.56 Å². The summed E-state index contributed by atoms with van der Waals surface area (Å²) in [7, 11) is 1.74. The zero-order valence-electron chi connectivity index (χ0n) is 9.51. The van der Waals surface area contributed by atoms with Crippen LogP contribution < -0.4 is 5.56 Å². The van der Waals surface area contributed by atoms with Gasteiger partial charge in [-0.15, -0.1) is 0 Å². The third-order valence-corrected chi connectivity index (χ3v) is 2.91. The first kappa shape index (κ1) is 10.1. The molecule has 1 aromatic carbocycles. The van der Waals surface area contributed by atoms with E-state index in [1.807, 2.05) is 24.3 Å². The topological polar surface area (TPSA) is 43.6 Å². The SMILES string of the molecule is Cn1cc(C2=NCCO2)c2ccccc2c1=O. The van der Waals surface area contributed by atoms with Crippen molar-refractivity contribution < 1.29 is 4.74 Å². The van der Waals surface area contributed by atoms with Crippen LogP contribution in [-0.2, 0) is 11.8 Å². The number of aliphatic imine (C=N–C) groups is 1. The third-order valence-electron chi connectivity index (χ3n) is 2.91. The van der Waals surface area contributed by atoms with Crippen LogP contribution in [0.15, 0.2) is 40.2 Å². The highest BCUT2D eigenvalue weighted by molar-refractivity contribution is 6.06. The molecule has 1 aliphatic rings. The highest BCUT2D eigenvalue weighted by Gasteiger charge is 2.15. The molecule has 86 valence electrons. The molecule has 0 fully saturated rings. The molecule has 0 saturated carbocycles. The summed E-state index contributed by atoms with van der Waals surface area (Å²) < 4.78 is 7.05. The Labute approximate surface area is 98.2 Å². The molecular weight excluding hydrogens is 216 g/mol. The molecule has 17 heavy (non-hydrogen) atoms. The van der Waals surface area contributed by atoms with Crippen molar-refractivity contribution in [2.24, 2.45) is 12.0 Å². The van der Waals surface area contributed by atoms with Crippen molar-refractivity contribution in [1.29, 1.82) is 0 Å². The minimum Gasteiger partial charge on any atom is -0.475 e. The van der Waals surface area contributed by atoms with E-state index in [4.69, 9.17) is 4.74 Å². The van der Waals surface area contributed by atoms with Crippen molar-refractivity contribution >= 4 is 16.7 Å². The van der Waals surface area contributed by atoms with E-state index in [1.165, 1.54) is 0 Å². The first-order chi connectivity index (χ1) is 8.27. The van der Waals surface area contributed by atoms with Gasteiger partial charge in [-0.2, -0.15) is 0 Å². The van der Waals surface area contributed by atoms with Gasteiger partial charge < -0.3 is 9.30 Å². The van der Waals surface area contributed by atoms with E-state index in [1.54, 1.807) is 17.8 Å². The largest absolute Gasteiger partial charge is 0.475 e. The summed E-state index contributed by atoms with van der Waals surface area (Å²) in [5.41, 5.74) is 0.892. The molecule has 0 amide bonds. The van der Waals surface area contributed by atoms with Crippen LogP contribution in [0.1, 0.15) is 5.56 Å². The predicted molar refractivity (Wildman–Crippen MR) is 66.5 cm³/mol. The molecule has 0 aliphatic carbocycles. The minimum atomic E-state index is 0.00273. The van der Waals surface area contributed by atoms with Gasteiger partial charge in [0.1, 0.15) is 6.61 Å². The molecule has 0 atom stereocenters. The van der Waals surface area contributed by atoms with Crippen LogP contribution in [0.2, 0.25) is 0 Å². The second kappa shape index (κ2) is 3.73. The first-order valence-electron chi connectivity index (χ1n) is 5.53. The maximum absolute atomic E-state index is 12.0. The van der Waals surface area contributed by atoms with E-state index in [0.29, 0.717) is 24.4 Å².